The largest absolute Gasteiger partial charge is 0.449 e. The highest BCUT2D eigenvalue weighted by Crippen LogP contribution is 2.27. The lowest BCUT2D eigenvalue weighted by molar-refractivity contribution is 0.0703. The Morgan fingerprint density at radius 1 is 0.926 bits per heavy atom. The zero-order chi connectivity index (χ0) is 18.8. The predicted octanol–water partition coefficient (Wildman–Crippen LogP) is 5.50. The Morgan fingerprint density at radius 2 is 1.56 bits per heavy atom. The summed E-state index contributed by atoms with van der Waals surface area (Å²) in [5.41, 5.74) is 4.01. The molecular formula is C23H15NO3. The molecule has 0 atom stereocenters. The first-order chi connectivity index (χ1) is 13.2. The van der Waals surface area contributed by atoms with Gasteiger partial charge in [-0.25, -0.2) is 4.79 Å². The second-order valence-electron chi connectivity index (χ2n) is 6.16. The summed E-state index contributed by atoms with van der Waals surface area (Å²) in [7, 11) is 0. The van der Waals surface area contributed by atoms with Gasteiger partial charge in [-0.15, -0.1) is 0 Å². The van der Waals surface area contributed by atoms with Gasteiger partial charge in [-0.05, 0) is 48.4 Å². The first-order valence-electron chi connectivity index (χ1n) is 8.46. The molecule has 0 bridgehead atoms. The number of ether oxygens (including phenoxy) is 1. The summed E-state index contributed by atoms with van der Waals surface area (Å²) in [5.74, 6) is 0.138. The lowest BCUT2D eigenvalue weighted by Gasteiger charge is -2.05. The van der Waals surface area contributed by atoms with Gasteiger partial charge in [0.25, 0.3) is 0 Å². The molecule has 1 heterocycles. The molecule has 130 valence electrons. The van der Waals surface area contributed by atoms with Gasteiger partial charge in [-0.2, -0.15) is 5.26 Å². The summed E-state index contributed by atoms with van der Waals surface area (Å²) >= 11 is 0. The number of carbonyl (C=O) groups excluding carboxylic acids is 1. The number of hydrogen-bond donors (Lipinski definition) is 0. The van der Waals surface area contributed by atoms with E-state index in [0.717, 1.165) is 22.1 Å². The molecule has 0 fully saturated rings. The van der Waals surface area contributed by atoms with E-state index in [-0.39, 0.29) is 5.76 Å². The van der Waals surface area contributed by atoms with E-state index in [2.05, 4.69) is 6.07 Å². The SMILES string of the molecule is Cc1c(C(=O)Oc2ccc(-c3ccc(C#N)cc3)cc2)oc2ccccc12. The van der Waals surface area contributed by atoms with Gasteiger partial charge in [0.1, 0.15) is 11.3 Å². The Morgan fingerprint density at radius 3 is 2.19 bits per heavy atom. The van der Waals surface area contributed by atoms with Crippen LogP contribution in [-0.4, -0.2) is 5.97 Å². The first kappa shape index (κ1) is 16.6. The lowest BCUT2D eigenvalue weighted by atomic mass is 10.0. The van der Waals surface area contributed by atoms with Crippen molar-refractivity contribution in [2.75, 3.05) is 0 Å². The molecule has 0 aliphatic rings. The van der Waals surface area contributed by atoms with Gasteiger partial charge in [0.05, 0.1) is 11.6 Å². The standard InChI is InChI=1S/C23H15NO3/c1-15-20-4-2-3-5-21(20)27-22(15)23(25)26-19-12-10-18(11-13-19)17-8-6-16(14-24)7-9-17/h2-13H,1H3. The first-order valence-corrected chi connectivity index (χ1v) is 8.46. The molecule has 0 saturated heterocycles. The van der Waals surface area contributed by atoms with E-state index < -0.39 is 5.97 Å². The molecule has 4 heteroatoms. The van der Waals surface area contributed by atoms with E-state index in [0.29, 0.717) is 16.9 Å². The summed E-state index contributed by atoms with van der Waals surface area (Å²) in [6, 6.07) is 24.1. The highest BCUT2D eigenvalue weighted by molar-refractivity contribution is 5.96. The molecule has 0 amide bonds. The van der Waals surface area contributed by atoms with Gasteiger partial charge in [-0.1, -0.05) is 42.5 Å². The zero-order valence-electron chi connectivity index (χ0n) is 14.6. The Hall–Kier alpha value is -3.84. The summed E-state index contributed by atoms with van der Waals surface area (Å²) in [4.78, 5) is 12.5. The van der Waals surface area contributed by atoms with Crippen LogP contribution in [0.4, 0.5) is 0 Å². The van der Waals surface area contributed by atoms with Crippen LogP contribution < -0.4 is 4.74 Å². The van der Waals surface area contributed by atoms with Crippen molar-refractivity contribution in [2.45, 2.75) is 6.92 Å². The van der Waals surface area contributed by atoms with Crippen LogP contribution in [0.5, 0.6) is 5.75 Å². The number of esters is 1. The number of furan rings is 1. The topological polar surface area (TPSA) is 63.2 Å². The molecule has 27 heavy (non-hydrogen) atoms. The third-order valence-electron chi connectivity index (χ3n) is 4.44. The van der Waals surface area contributed by atoms with E-state index in [9.17, 15) is 4.79 Å². The molecule has 0 spiro atoms. The minimum absolute atomic E-state index is 0.215. The van der Waals surface area contributed by atoms with Crippen molar-refractivity contribution >= 4 is 16.9 Å². The molecule has 0 aliphatic heterocycles. The van der Waals surface area contributed by atoms with E-state index in [1.54, 1.807) is 24.3 Å². The predicted molar refractivity (Wildman–Crippen MR) is 103 cm³/mol. The van der Waals surface area contributed by atoms with Gasteiger partial charge in [0, 0.05) is 10.9 Å². The van der Waals surface area contributed by atoms with Crippen LogP contribution in [0.3, 0.4) is 0 Å². The normalized spacial score (nSPS) is 10.5. The third-order valence-corrected chi connectivity index (χ3v) is 4.44. The third kappa shape index (κ3) is 3.19. The number of rotatable bonds is 3. The summed E-state index contributed by atoms with van der Waals surface area (Å²) in [5, 5.41) is 9.78. The maximum absolute atomic E-state index is 12.5. The molecule has 0 radical (unpaired) electrons. The number of hydrogen-bond acceptors (Lipinski definition) is 4. The minimum atomic E-state index is -0.519. The van der Waals surface area contributed by atoms with Crippen molar-refractivity contribution in [3.8, 4) is 22.9 Å². The van der Waals surface area contributed by atoms with Crippen LogP contribution in [0.2, 0.25) is 0 Å². The molecule has 0 N–H and O–H groups in total. The molecule has 0 unspecified atom stereocenters. The average molecular weight is 353 g/mol. The number of carbonyl (C=O) groups is 1. The second-order valence-corrected chi connectivity index (χ2v) is 6.16. The van der Waals surface area contributed by atoms with Crippen molar-refractivity contribution in [2.24, 2.45) is 0 Å². The molecule has 4 aromatic rings. The van der Waals surface area contributed by atoms with Crippen molar-refractivity contribution < 1.29 is 13.9 Å². The number of para-hydroxylation sites is 1. The number of nitriles is 1. The number of nitrogens with zero attached hydrogens (tertiary/aromatic N) is 1. The molecule has 1 aromatic heterocycles. The van der Waals surface area contributed by atoms with Crippen molar-refractivity contribution in [1.29, 1.82) is 5.26 Å². The number of benzene rings is 3. The van der Waals surface area contributed by atoms with Gasteiger partial charge < -0.3 is 9.15 Å². The van der Waals surface area contributed by atoms with Crippen LogP contribution in [0, 0.1) is 18.3 Å². The number of fused-ring (bicyclic) bond motifs is 1. The molecule has 4 rings (SSSR count). The van der Waals surface area contributed by atoms with Gasteiger partial charge in [0.15, 0.2) is 0 Å². The van der Waals surface area contributed by atoms with Crippen molar-refractivity contribution in [1.82, 2.24) is 0 Å². The summed E-state index contributed by atoms with van der Waals surface area (Å²) < 4.78 is 11.1. The Bertz CT molecular complexity index is 1160. The average Bonchev–Trinajstić information content (AvgIpc) is 3.06. The van der Waals surface area contributed by atoms with E-state index in [4.69, 9.17) is 14.4 Å². The van der Waals surface area contributed by atoms with Gasteiger partial charge in [-0.3, -0.25) is 0 Å². The fraction of sp³-hybridized carbons (Fsp3) is 0.0435. The van der Waals surface area contributed by atoms with Crippen LogP contribution >= 0.6 is 0 Å². The maximum Gasteiger partial charge on any atom is 0.379 e. The van der Waals surface area contributed by atoms with Crippen molar-refractivity contribution in [3.63, 3.8) is 0 Å². The second kappa shape index (κ2) is 6.81. The Balaban J connectivity index is 1.54. The fourth-order valence-corrected chi connectivity index (χ4v) is 2.98. The summed E-state index contributed by atoms with van der Waals surface area (Å²) in [6.45, 7) is 1.84. The van der Waals surface area contributed by atoms with Gasteiger partial charge >= 0.3 is 5.97 Å². The number of aryl methyl sites for hydroxylation is 1. The van der Waals surface area contributed by atoms with Gasteiger partial charge in [0.2, 0.25) is 5.76 Å². The summed E-state index contributed by atoms with van der Waals surface area (Å²) in [6.07, 6.45) is 0. The highest BCUT2D eigenvalue weighted by Gasteiger charge is 2.19. The Labute approximate surface area is 156 Å². The maximum atomic E-state index is 12.5. The van der Waals surface area contributed by atoms with E-state index in [1.807, 2.05) is 55.5 Å². The minimum Gasteiger partial charge on any atom is -0.449 e. The fourth-order valence-electron chi connectivity index (χ4n) is 2.98. The van der Waals surface area contributed by atoms with Crippen LogP contribution in [0.1, 0.15) is 21.7 Å². The van der Waals surface area contributed by atoms with E-state index >= 15 is 0 Å². The molecule has 3 aromatic carbocycles. The monoisotopic (exact) mass is 353 g/mol. The lowest BCUT2D eigenvalue weighted by Crippen LogP contribution is -2.08. The molecular weight excluding hydrogens is 338 g/mol. The quantitative estimate of drug-likeness (QED) is 0.360. The van der Waals surface area contributed by atoms with Crippen LogP contribution in [0.15, 0.2) is 77.2 Å². The van der Waals surface area contributed by atoms with E-state index in [1.165, 1.54) is 0 Å². The molecule has 4 nitrogen and oxygen atoms in total. The van der Waals surface area contributed by atoms with Crippen LogP contribution in [0.25, 0.3) is 22.1 Å². The van der Waals surface area contributed by atoms with Crippen molar-refractivity contribution in [3.05, 3.63) is 89.7 Å². The Kier molecular flexibility index (Phi) is 4.19. The molecule has 0 saturated carbocycles. The highest BCUT2D eigenvalue weighted by atomic mass is 16.5. The smallest absolute Gasteiger partial charge is 0.379 e. The van der Waals surface area contributed by atoms with Crippen LogP contribution in [-0.2, 0) is 0 Å². The molecule has 0 aliphatic carbocycles. The zero-order valence-corrected chi connectivity index (χ0v) is 14.6.